The summed E-state index contributed by atoms with van der Waals surface area (Å²) in [5.41, 5.74) is -0.0411. The maximum absolute atomic E-state index is 12.8. The topological polar surface area (TPSA) is 127 Å². The third kappa shape index (κ3) is 4.11. The number of nitrogens with one attached hydrogen (secondary N) is 1. The Morgan fingerprint density at radius 1 is 1.38 bits per heavy atom. The number of non-ortho nitro benzene ring substituents is 1. The summed E-state index contributed by atoms with van der Waals surface area (Å²) in [7, 11) is 0. The van der Waals surface area contributed by atoms with Gasteiger partial charge in [-0.05, 0) is 25.0 Å². The van der Waals surface area contributed by atoms with Gasteiger partial charge in [0, 0.05) is 18.7 Å². The van der Waals surface area contributed by atoms with Crippen molar-refractivity contribution in [3.05, 3.63) is 55.4 Å². The predicted octanol–water partition coefficient (Wildman–Crippen LogP) is 3.82. The number of nitrogens with zero attached hydrogens (tertiary/aromatic N) is 3. The van der Waals surface area contributed by atoms with E-state index < -0.39 is 10.8 Å². The maximum Gasteiger partial charge on any atom is 0.271 e. The van der Waals surface area contributed by atoms with Crippen LogP contribution >= 0.6 is 11.3 Å². The molecule has 0 saturated carbocycles. The van der Waals surface area contributed by atoms with E-state index in [1.165, 1.54) is 6.33 Å². The van der Waals surface area contributed by atoms with Crippen LogP contribution in [0.25, 0.3) is 10.2 Å². The molecule has 2 aromatic heterocycles. The van der Waals surface area contributed by atoms with Gasteiger partial charge in [0.2, 0.25) is 0 Å². The van der Waals surface area contributed by atoms with Crippen molar-refractivity contribution in [2.75, 3.05) is 5.32 Å². The Labute approximate surface area is 169 Å². The van der Waals surface area contributed by atoms with Crippen LogP contribution in [-0.4, -0.2) is 25.5 Å². The largest absolute Gasteiger partial charge is 0.506 e. The molecule has 1 amide bonds. The van der Waals surface area contributed by atoms with Gasteiger partial charge in [0.05, 0.1) is 27.2 Å². The fourth-order valence-corrected chi connectivity index (χ4v) is 4.02. The van der Waals surface area contributed by atoms with Gasteiger partial charge >= 0.3 is 0 Å². The van der Waals surface area contributed by atoms with E-state index in [-0.39, 0.29) is 27.6 Å². The molecule has 0 atom stereocenters. The molecule has 3 rings (SSSR count). The minimum atomic E-state index is -0.620. The van der Waals surface area contributed by atoms with Crippen molar-refractivity contribution in [2.45, 2.75) is 39.7 Å². The molecule has 0 aliphatic rings. The summed E-state index contributed by atoms with van der Waals surface area (Å²) in [6.07, 6.45) is 4.40. The van der Waals surface area contributed by atoms with E-state index >= 15 is 0 Å². The monoisotopic (exact) mass is 416 g/mol. The number of nitro groups is 1. The highest BCUT2D eigenvalue weighted by Crippen LogP contribution is 2.31. The number of unbranched alkanes of at least 4 members (excludes halogenated alkanes) is 2. The van der Waals surface area contributed by atoms with Gasteiger partial charge in [-0.2, -0.15) is 0 Å². The first-order valence-electron chi connectivity index (χ1n) is 9.10. The lowest BCUT2D eigenvalue weighted by molar-refractivity contribution is -0.384. The van der Waals surface area contributed by atoms with Gasteiger partial charge < -0.3 is 10.4 Å². The maximum atomic E-state index is 12.8. The first-order chi connectivity index (χ1) is 13.8. The number of phenols is 1. The highest BCUT2D eigenvalue weighted by molar-refractivity contribution is 7.20. The highest BCUT2D eigenvalue weighted by atomic mass is 32.1. The Bertz CT molecular complexity index is 1150. The van der Waals surface area contributed by atoms with Gasteiger partial charge in [-0.25, -0.2) is 4.98 Å². The first-order valence-corrected chi connectivity index (χ1v) is 9.92. The van der Waals surface area contributed by atoms with Crippen LogP contribution in [0.1, 0.15) is 41.4 Å². The summed E-state index contributed by atoms with van der Waals surface area (Å²) in [6, 6.07) is 3.36. The molecular formula is C19H20N4O5S. The third-order valence-corrected chi connectivity index (χ3v) is 5.76. The van der Waals surface area contributed by atoms with E-state index in [0.717, 1.165) is 48.8 Å². The summed E-state index contributed by atoms with van der Waals surface area (Å²) in [4.78, 5) is 40.9. The van der Waals surface area contributed by atoms with Crippen LogP contribution < -0.4 is 10.9 Å². The van der Waals surface area contributed by atoms with Gasteiger partial charge in [0.1, 0.15) is 10.6 Å². The second-order valence-corrected chi connectivity index (χ2v) is 7.60. The molecule has 0 fully saturated rings. The number of anilines is 1. The normalized spacial score (nSPS) is 11.0. The molecule has 0 bridgehead atoms. The van der Waals surface area contributed by atoms with Gasteiger partial charge in [0.25, 0.3) is 17.2 Å². The van der Waals surface area contributed by atoms with Crippen LogP contribution in [0, 0.1) is 17.0 Å². The summed E-state index contributed by atoms with van der Waals surface area (Å²) in [5.74, 6) is -0.864. The zero-order chi connectivity index (χ0) is 21.1. The number of aromatic nitrogens is 2. The fourth-order valence-electron chi connectivity index (χ4n) is 2.98. The SMILES string of the molecule is CCCCCn1cnc2sc(C(=O)Nc3cc([N+](=O)[O-])ccc3O)c(C)c2c1=O. The van der Waals surface area contributed by atoms with Crippen LogP contribution in [0.2, 0.25) is 0 Å². The number of hydrogen-bond donors (Lipinski definition) is 2. The number of benzene rings is 1. The van der Waals surface area contributed by atoms with Crippen molar-refractivity contribution in [3.63, 3.8) is 0 Å². The zero-order valence-corrected chi connectivity index (χ0v) is 16.8. The standard InChI is InChI=1S/C19H20N4O5S/c1-3-4-5-8-22-10-20-18-15(19(22)26)11(2)16(29-18)17(25)21-13-9-12(23(27)28)6-7-14(13)24/h6-7,9-10,24H,3-5,8H2,1-2H3,(H,21,25). The lowest BCUT2D eigenvalue weighted by Gasteiger charge is -2.06. The number of phenolic OH excluding ortho intramolecular Hbond substituents is 1. The van der Waals surface area contributed by atoms with Crippen molar-refractivity contribution in [2.24, 2.45) is 0 Å². The van der Waals surface area contributed by atoms with E-state index in [0.29, 0.717) is 22.3 Å². The molecule has 29 heavy (non-hydrogen) atoms. The van der Waals surface area contributed by atoms with Gasteiger partial charge in [-0.1, -0.05) is 19.8 Å². The summed E-state index contributed by atoms with van der Waals surface area (Å²) < 4.78 is 1.55. The number of rotatable bonds is 7. The summed E-state index contributed by atoms with van der Waals surface area (Å²) >= 11 is 1.07. The molecule has 0 unspecified atom stereocenters. The van der Waals surface area contributed by atoms with Crippen LogP contribution in [0.15, 0.2) is 29.3 Å². The number of hydrogen-bond acceptors (Lipinski definition) is 7. The molecule has 0 saturated heterocycles. The Hall–Kier alpha value is -3.27. The van der Waals surface area contributed by atoms with E-state index in [9.17, 15) is 24.8 Å². The second kappa shape index (κ2) is 8.39. The van der Waals surface area contributed by atoms with E-state index in [1.54, 1.807) is 11.5 Å². The quantitative estimate of drug-likeness (QED) is 0.261. The predicted molar refractivity (Wildman–Crippen MR) is 111 cm³/mol. The Balaban J connectivity index is 1.94. The van der Waals surface area contributed by atoms with Crippen molar-refractivity contribution < 1.29 is 14.8 Å². The molecule has 0 aliphatic carbocycles. The minimum Gasteiger partial charge on any atom is -0.506 e. The summed E-state index contributed by atoms with van der Waals surface area (Å²) in [5, 5.41) is 23.7. The van der Waals surface area contributed by atoms with Crippen molar-refractivity contribution in [1.29, 1.82) is 0 Å². The molecule has 2 heterocycles. The molecular weight excluding hydrogens is 396 g/mol. The molecule has 2 N–H and O–H groups in total. The van der Waals surface area contributed by atoms with E-state index in [4.69, 9.17) is 0 Å². The number of carbonyl (C=O) groups excluding carboxylic acids is 1. The molecule has 9 nitrogen and oxygen atoms in total. The lowest BCUT2D eigenvalue weighted by atomic mass is 10.2. The molecule has 0 radical (unpaired) electrons. The Morgan fingerprint density at radius 3 is 2.83 bits per heavy atom. The molecule has 0 spiro atoms. The number of aromatic hydroxyl groups is 1. The van der Waals surface area contributed by atoms with E-state index in [2.05, 4.69) is 17.2 Å². The number of carbonyl (C=O) groups is 1. The van der Waals surface area contributed by atoms with Gasteiger partial charge in [-0.15, -0.1) is 11.3 Å². The molecule has 1 aromatic carbocycles. The first kappa shape index (κ1) is 20.5. The highest BCUT2D eigenvalue weighted by Gasteiger charge is 2.21. The zero-order valence-electron chi connectivity index (χ0n) is 16.0. The smallest absolute Gasteiger partial charge is 0.271 e. The Kier molecular flexibility index (Phi) is 5.92. The average molecular weight is 416 g/mol. The number of thiophene rings is 1. The van der Waals surface area contributed by atoms with Gasteiger partial charge in [-0.3, -0.25) is 24.3 Å². The summed E-state index contributed by atoms with van der Waals surface area (Å²) in [6.45, 7) is 4.31. The van der Waals surface area contributed by atoms with Crippen LogP contribution in [0.5, 0.6) is 5.75 Å². The van der Waals surface area contributed by atoms with Crippen LogP contribution in [0.4, 0.5) is 11.4 Å². The second-order valence-electron chi connectivity index (χ2n) is 6.60. The van der Waals surface area contributed by atoms with E-state index in [1.807, 2.05) is 0 Å². The van der Waals surface area contributed by atoms with Crippen LogP contribution in [-0.2, 0) is 6.54 Å². The number of nitro benzene ring substituents is 1. The lowest BCUT2D eigenvalue weighted by Crippen LogP contribution is -2.20. The fraction of sp³-hybridized carbons (Fsp3) is 0.316. The van der Waals surface area contributed by atoms with Crippen LogP contribution in [0.3, 0.4) is 0 Å². The number of amides is 1. The average Bonchev–Trinajstić information content (AvgIpc) is 3.02. The van der Waals surface area contributed by atoms with Crippen molar-refractivity contribution in [3.8, 4) is 5.75 Å². The third-order valence-electron chi connectivity index (χ3n) is 4.57. The molecule has 152 valence electrons. The van der Waals surface area contributed by atoms with Crippen molar-refractivity contribution in [1.82, 2.24) is 9.55 Å². The molecule has 10 heteroatoms. The Morgan fingerprint density at radius 2 is 2.14 bits per heavy atom. The minimum absolute atomic E-state index is 0.0778. The van der Waals surface area contributed by atoms with Crippen molar-refractivity contribution >= 4 is 38.8 Å². The van der Waals surface area contributed by atoms with Gasteiger partial charge in [0.15, 0.2) is 0 Å². The molecule has 3 aromatic rings. The number of fused-ring (bicyclic) bond motifs is 1. The number of aryl methyl sites for hydroxylation is 2. The molecule has 0 aliphatic heterocycles.